The van der Waals surface area contributed by atoms with E-state index < -0.39 is 12.6 Å². The van der Waals surface area contributed by atoms with E-state index in [2.05, 4.69) is 15.6 Å². The fourth-order valence-electron chi connectivity index (χ4n) is 1.17. The van der Waals surface area contributed by atoms with Crippen LogP contribution in [0.15, 0.2) is 18.3 Å². The van der Waals surface area contributed by atoms with E-state index in [4.69, 9.17) is 5.11 Å². The van der Waals surface area contributed by atoms with Crippen LogP contribution in [0.1, 0.15) is 11.8 Å². The van der Waals surface area contributed by atoms with Gasteiger partial charge in [0.1, 0.15) is 12.0 Å². The molecule has 0 amide bonds. The molecule has 2 unspecified atom stereocenters. The maximum absolute atomic E-state index is 9.38. The topological polar surface area (TPSA) is 77.4 Å². The molecule has 0 spiro atoms. The second kappa shape index (κ2) is 2.71. The number of rotatable bonds is 0. The number of aliphatic hydroxyl groups excluding tert-OH is 2. The number of pyridine rings is 1. The number of hydrogen-bond donors (Lipinski definition) is 4. The summed E-state index contributed by atoms with van der Waals surface area (Å²) in [5, 5.41) is 23.6. The molecule has 0 radical (unpaired) electrons. The quantitative estimate of drug-likeness (QED) is 0.413. The third kappa shape index (κ3) is 1.14. The molecule has 1 aliphatic rings. The number of nitrogens with zero attached hydrogens (tertiary/aromatic N) is 1. The standard InChI is InChI=1S/C7H9N3O2/c11-6-4-2-1-3-8-5(4)9-7(12)10-6/h1-3,6-7,10-12H,(H,8,9). The lowest BCUT2D eigenvalue weighted by molar-refractivity contribution is 0.0481. The molecule has 2 heterocycles. The van der Waals surface area contributed by atoms with E-state index in [1.807, 2.05) is 0 Å². The van der Waals surface area contributed by atoms with Gasteiger partial charge < -0.3 is 15.5 Å². The summed E-state index contributed by atoms with van der Waals surface area (Å²) >= 11 is 0. The van der Waals surface area contributed by atoms with Crippen LogP contribution in [0.4, 0.5) is 5.82 Å². The van der Waals surface area contributed by atoms with Crippen molar-refractivity contribution in [3.8, 4) is 0 Å². The highest BCUT2D eigenvalue weighted by Crippen LogP contribution is 2.22. The van der Waals surface area contributed by atoms with Crippen LogP contribution < -0.4 is 10.6 Å². The van der Waals surface area contributed by atoms with Crippen molar-refractivity contribution in [2.75, 3.05) is 5.32 Å². The summed E-state index contributed by atoms with van der Waals surface area (Å²) in [6.07, 6.45) is -0.205. The first-order chi connectivity index (χ1) is 5.77. The summed E-state index contributed by atoms with van der Waals surface area (Å²) in [7, 11) is 0. The van der Waals surface area contributed by atoms with Crippen LogP contribution in [0, 0.1) is 0 Å². The van der Waals surface area contributed by atoms with Crippen LogP contribution in [0.3, 0.4) is 0 Å². The van der Waals surface area contributed by atoms with Crippen molar-refractivity contribution in [1.82, 2.24) is 10.3 Å². The molecule has 5 nitrogen and oxygen atoms in total. The van der Waals surface area contributed by atoms with E-state index in [0.717, 1.165) is 0 Å². The Balaban J connectivity index is 2.40. The highest BCUT2D eigenvalue weighted by Gasteiger charge is 2.22. The Bertz CT molecular complexity index is 292. The van der Waals surface area contributed by atoms with E-state index in [9.17, 15) is 5.11 Å². The van der Waals surface area contributed by atoms with Gasteiger partial charge in [0.15, 0.2) is 6.35 Å². The third-order valence-corrected chi connectivity index (χ3v) is 1.72. The highest BCUT2D eigenvalue weighted by molar-refractivity contribution is 5.46. The molecule has 64 valence electrons. The first-order valence-electron chi connectivity index (χ1n) is 3.61. The average Bonchev–Trinajstić information content (AvgIpc) is 2.04. The molecule has 2 atom stereocenters. The van der Waals surface area contributed by atoms with E-state index in [1.165, 1.54) is 0 Å². The molecule has 0 aromatic carbocycles. The Labute approximate surface area is 69.1 Å². The van der Waals surface area contributed by atoms with Gasteiger partial charge in [0, 0.05) is 11.8 Å². The predicted octanol–water partition coefficient (Wildman–Crippen LogP) is -0.637. The van der Waals surface area contributed by atoms with Crippen molar-refractivity contribution in [1.29, 1.82) is 0 Å². The number of aromatic nitrogens is 1. The van der Waals surface area contributed by atoms with Crippen LogP contribution in [-0.4, -0.2) is 21.5 Å². The Kier molecular flexibility index (Phi) is 1.69. The summed E-state index contributed by atoms with van der Waals surface area (Å²) in [5.41, 5.74) is 0.641. The fourth-order valence-corrected chi connectivity index (χ4v) is 1.17. The lowest BCUT2D eigenvalue weighted by Crippen LogP contribution is -2.43. The van der Waals surface area contributed by atoms with Gasteiger partial charge >= 0.3 is 0 Å². The normalized spacial score (nSPS) is 27.5. The van der Waals surface area contributed by atoms with Gasteiger partial charge in [0.05, 0.1) is 0 Å². The van der Waals surface area contributed by atoms with Crippen molar-refractivity contribution in [2.45, 2.75) is 12.6 Å². The molecule has 12 heavy (non-hydrogen) atoms. The van der Waals surface area contributed by atoms with Crippen LogP contribution in [0.2, 0.25) is 0 Å². The molecule has 0 saturated carbocycles. The summed E-state index contributed by atoms with van der Waals surface area (Å²) < 4.78 is 0. The van der Waals surface area contributed by atoms with Gasteiger partial charge in [-0.25, -0.2) is 10.3 Å². The molecule has 1 aromatic heterocycles. The van der Waals surface area contributed by atoms with Gasteiger partial charge in [0.2, 0.25) is 0 Å². The summed E-state index contributed by atoms with van der Waals surface area (Å²) in [6.45, 7) is 0. The molecule has 4 N–H and O–H groups in total. The molecule has 0 saturated heterocycles. The van der Waals surface area contributed by atoms with Gasteiger partial charge in [-0.15, -0.1) is 0 Å². The number of fused-ring (bicyclic) bond motifs is 1. The Morgan fingerprint density at radius 2 is 2.25 bits per heavy atom. The summed E-state index contributed by atoms with van der Waals surface area (Å²) in [6, 6.07) is 3.46. The molecule has 0 bridgehead atoms. The maximum Gasteiger partial charge on any atom is 0.184 e. The van der Waals surface area contributed by atoms with Crippen LogP contribution in [-0.2, 0) is 0 Å². The van der Waals surface area contributed by atoms with Crippen LogP contribution >= 0.6 is 0 Å². The number of anilines is 1. The molecular weight excluding hydrogens is 158 g/mol. The Hall–Kier alpha value is -1.17. The van der Waals surface area contributed by atoms with E-state index >= 15 is 0 Å². The molecular formula is C7H9N3O2. The minimum absolute atomic E-state index is 0.510. The summed E-state index contributed by atoms with van der Waals surface area (Å²) in [5.74, 6) is 0.510. The van der Waals surface area contributed by atoms with E-state index in [0.29, 0.717) is 11.4 Å². The minimum atomic E-state index is -0.942. The zero-order chi connectivity index (χ0) is 8.55. The summed E-state index contributed by atoms with van der Waals surface area (Å²) in [4.78, 5) is 3.95. The van der Waals surface area contributed by atoms with Crippen molar-refractivity contribution < 1.29 is 10.2 Å². The lowest BCUT2D eigenvalue weighted by atomic mass is 10.2. The number of nitrogens with one attached hydrogen (secondary N) is 2. The van der Waals surface area contributed by atoms with Gasteiger partial charge in [-0.1, -0.05) is 0 Å². The molecule has 2 rings (SSSR count). The van der Waals surface area contributed by atoms with Crippen molar-refractivity contribution in [3.63, 3.8) is 0 Å². The molecule has 0 aliphatic carbocycles. The van der Waals surface area contributed by atoms with Gasteiger partial charge in [-0.05, 0) is 12.1 Å². The van der Waals surface area contributed by atoms with Crippen LogP contribution in [0.25, 0.3) is 0 Å². The van der Waals surface area contributed by atoms with Crippen molar-refractivity contribution >= 4 is 5.82 Å². The molecule has 0 fully saturated rings. The largest absolute Gasteiger partial charge is 0.374 e. The predicted molar refractivity (Wildman–Crippen MR) is 42.0 cm³/mol. The number of hydrogen-bond acceptors (Lipinski definition) is 5. The van der Waals surface area contributed by atoms with E-state index in [1.54, 1.807) is 18.3 Å². The lowest BCUT2D eigenvalue weighted by Gasteiger charge is -2.27. The molecule has 5 heteroatoms. The smallest absolute Gasteiger partial charge is 0.184 e. The van der Waals surface area contributed by atoms with Gasteiger partial charge in [-0.2, -0.15) is 0 Å². The van der Waals surface area contributed by atoms with Gasteiger partial charge in [0.25, 0.3) is 0 Å². The molecule has 1 aliphatic heterocycles. The van der Waals surface area contributed by atoms with Gasteiger partial charge in [-0.3, -0.25) is 0 Å². The second-order valence-corrected chi connectivity index (χ2v) is 2.56. The SMILES string of the molecule is OC1Nc2ncccc2C(O)N1. The second-order valence-electron chi connectivity index (χ2n) is 2.56. The van der Waals surface area contributed by atoms with Crippen LogP contribution in [0.5, 0.6) is 0 Å². The zero-order valence-corrected chi connectivity index (χ0v) is 6.23. The highest BCUT2D eigenvalue weighted by atomic mass is 16.3. The zero-order valence-electron chi connectivity index (χ0n) is 6.23. The Morgan fingerprint density at radius 1 is 1.42 bits per heavy atom. The van der Waals surface area contributed by atoms with Crippen molar-refractivity contribution in [3.05, 3.63) is 23.9 Å². The minimum Gasteiger partial charge on any atom is -0.374 e. The van der Waals surface area contributed by atoms with E-state index in [-0.39, 0.29) is 0 Å². The van der Waals surface area contributed by atoms with Crippen molar-refractivity contribution in [2.24, 2.45) is 0 Å². The molecule has 1 aromatic rings. The Morgan fingerprint density at radius 3 is 3.08 bits per heavy atom. The third-order valence-electron chi connectivity index (χ3n) is 1.72. The number of aliphatic hydroxyl groups is 2. The first-order valence-corrected chi connectivity index (χ1v) is 3.61. The monoisotopic (exact) mass is 167 g/mol. The maximum atomic E-state index is 9.38. The first kappa shape index (κ1) is 7.48. The average molecular weight is 167 g/mol. The fraction of sp³-hybridized carbons (Fsp3) is 0.286.